The molecule has 0 spiro atoms. The molecule has 3 N–H and O–H groups in total. The highest BCUT2D eigenvalue weighted by Crippen LogP contribution is 2.38. The molecule has 29 heavy (non-hydrogen) atoms. The lowest BCUT2D eigenvalue weighted by atomic mass is 9.75. The monoisotopic (exact) mass is 382 g/mol. The molecule has 4 rings (SSSR count). The lowest BCUT2D eigenvalue weighted by Gasteiger charge is -2.44. The van der Waals surface area contributed by atoms with Crippen LogP contribution in [0, 0.1) is 11.8 Å². The average molecular weight is 382 g/mol. The number of carbonyl (C=O) groups excluding carboxylic acids is 1. The number of rotatable bonds is 5. The second-order valence-corrected chi connectivity index (χ2v) is 6.94. The zero-order valence-electron chi connectivity index (χ0n) is 15.9. The first-order valence-corrected chi connectivity index (χ1v) is 9.59. The molecule has 1 saturated heterocycles. The number of benzene rings is 3. The Labute approximate surface area is 170 Å². The van der Waals surface area contributed by atoms with E-state index in [2.05, 4.69) is 58.9 Å². The maximum Gasteiger partial charge on any atom is 0.241 e. The van der Waals surface area contributed by atoms with Crippen molar-refractivity contribution in [3.8, 4) is 11.8 Å². The van der Waals surface area contributed by atoms with Gasteiger partial charge in [-0.1, -0.05) is 103 Å². The van der Waals surface area contributed by atoms with Gasteiger partial charge in [0.05, 0.1) is 5.54 Å². The van der Waals surface area contributed by atoms with Crippen LogP contribution in [0.1, 0.15) is 16.7 Å². The van der Waals surface area contributed by atoms with Crippen LogP contribution in [0.2, 0.25) is 0 Å². The molecule has 2 atom stereocenters. The van der Waals surface area contributed by atoms with E-state index < -0.39 is 11.6 Å². The Hall–Kier alpha value is -3.39. The lowest BCUT2D eigenvalue weighted by molar-refractivity contribution is -0.130. The largest absolute Gasteiger partial charge is 0.384 e. The summed E-state index contributed by atoms with van der Waals surface area (Å²) in [5.74, 6) is 5.49. The number of hydrogen-bond donors (Lipinski definition) is 3. The van der Waals surface area contributed by atoms with Gasteiger partial charge in [0.25, 0.3) is 0 Å². The molecular weight excluding hydrogens is 360 g/mol. The van der Waals surface area contributed by atoms with E-state index in [1.54, 1.807) is 0 Å². The number of β-lactam (4-membered cyclic amide) rings is 1. The van der Waals surface area contributed by atoms with Crippen molar-refractivity contribution in [2.75, 3.05) is 6.61 Å². The Kier molecular flexibility index (Phi) is 5.44. The molecule has 4 heteroatoms. The summed E-state index contributed by atoms with van der Waals surface area (Å²) in [5, 5.41) is 15.5. The van der Waals surface area contributed by atoms with Gasteiger partial charge in [-0.25, -0.2) is 0 Å². The molecular formula is C25H22N2O2. The number of aliphatic hydroxyl groups is 1. The summed E-state index contributed by atoms with van der Waals surface area (Å²) in [7, 11) is 0. The first kappa shape index (κ1) is 18.9. The van der Waals surface area contributed by atoms with Crippen molar-refractivity contribution in [2.24, 2.45) is 0 Å². The zero-order chi connectivity index (χ0) is 20.1. The smallest absolute Gasteiger partial charge is 0.241 e. The molecule has 1 aliphatic rings. The molecule has 4 nitrogen and oxygen atoms in total. The molecule has 0 radical (unpaired) electrons. The Bertz CT molecular complexity index is 927. The third kappa shape index (κ3) is 3.54. The van der Waals surface area contributed by atoms with Gasteiger partial charge in [-0.3, -0.25) is 10.1 Å². The molecule has 2 unspecified atom stereocenters. The van der Waals surface area contributed by atoms with Crippen molar-refractivity contribution in [1.29, 1.82) is 0 Å². The first-order chi connectivity index (χ1) is 14.3. The number of hydrogen-bond acceptors (Lipinski definition) is 3. The summed E-state index contributed by atoms with van der Waals surface area (Å²) in [6.07, 6.45) is 0. The van der Waals surface area contributed by atoms with Gasteiger partial charge in [0.2, 0.25) is 5.91 Å². The zero-order valence-corrected chi connectivity index (χ0v) is 15.9. The number of carbonyl (C=O) groups is 1. The van der Waals surface area contributed by atoms with Gasteiger partial charge < -0.3 is 10.4 Å². The van der Waals surface area contributed by atoms with Crippen LogP contribution in [-0.4, -0.2) is 29.7 Å². The standard InChI is InChI=1S/C25H22N2O2/c28-18-10-17-22-23(24(29)26-22)27-25(19-11-4-1-5-12-19,20-13-6-2-7-14-20)21-15-8-3-9-16-21/h1-9,11-16,22-23,27-28H,18H2,(H,26,29). The van der Waals surface area contributed by atoms with Crippen LogP contribution < -0.4 is 10.6 Å². The van der Waals surface area contributed by atoms with E-state index in [0.29, 0.717) is 0 Å². The highest BCUT2D eigenvalue weighted by Gasteiger charge is 2.46. The minimum atomic E-state index is -0.731. The third-order valence-electron chi connectivity index (χ3n) is 5.24. The van der Waals surface area contributed by atoms with Gasteiger partial charge in [0, 0.05) is 0 Å². The third-order valence-corrected chi connectivity index (χ3v) is 5.24. The number of aliphatic hydroxyl groups excluding tert-OH is 1. The Morgan fingerprint density at radius 2 is 1.28 bits per heavy atom. The molecule has 0 saturated carbocycles. The van der Waals surface area contributed by atoms with Crippen LogP contribution in [0.3, 0.4) is 0 Å². The number of amides is 1. The molecule has 1 amide bonds. The van der Waals surface area contributed by atoms with Gasteiger partial charge in [-0.05, 0) is 16.7 Å². The van der Waals surface area contributed by atoms with Gasteiger partial charge >= 0.3 is 0 Å². The summed E-state index contributed by atoms with van der Waals surface area (Å²) < 4.78 is 0. The van der Waals surface area contributed by atoms with E-state index in [9.17, 15) is 4.79 Å². The molecule has 0 aliphatic carbocycles. The van der Waals surface area contributed by atoms with Crippen LogP contribution in [0.5, 0.6) is 0 Å². The van der Waals surface area contributed by atoms with Crippen LogP contribution in [0.25, 0.3) is 0 Å². The maximum atomic E-state index is 12.5. The van der Waals surface area contributed by atoms with Crippen LogP contribution in [-0.2, 0) is 10.3 Å². The molecule has 3 aromatic carbocycles. The molecule has 3 aromatic rings. The van der Waals surface area contributed by atoms with Crippen molar-refractivity contribution in [2.45, 2.75) is 17.6 Å². The first-order valence-electron chi connectivity index (χ1n) is 9.59. The Balaban J connectivity index is 1.90. The van der Waals surface area contributed by atoms with Crippen molar-refractivity contribution >= 4 is 5.91 Å². The van der Waals surface area contributed by atoms with E-state index in [0.717, 1.165) is 16.7 Å². The topological polar surface area (TPSA) is 61.4 Å². The fourth-order valence-corrected chi connectivity index (χ4v) is 3.85. The van der Waals surface area contributed by atoms with Gasteiger partial charge in [0.15, 0.2) is 0 Å². The normalized spacial score (nSPS) is 18.2. The molecule has 144 valence electrons. The van der Waals surface area contributed by atoms with E-state index >= 15 is 0 Å². The molecule has 0 aromatic heterocycles. The molecule has 0 bridgehead atoms. The van der Waals surface area contributed by atoms with E-state index in [1.165, 1.54) is 0 Å². The Morgan fingerprint density at radius 1 is 0.828 bits per heavy atom. The fraction of sp³-hybridized carbons (Fsp3) is 0.160. The summed E-state index contributed by atoms with van der Waals surface area (Å²) in [4.78, 5) is 12.5. The van der Waals surface area contributed by atoms with Crippen molar-refractivity contribution in [3.05, 3.63) is 108 Å². The fourth-order valence-electron chi connectivity index (χ4n) is 3.85. The van der Waals surface area contributed by atoms with Crippen LogP contribution in [0.4, 0.5) is 0 Å². The maximum absolute atomic E-state index is 12.5. The quantitative estimate of drug-likeness (QED) is 0.361. The van der Waals surface area contributed by atoms with Crippen LogP contribution in [0.15, 0.2) is 91.0 Å². The summed E-state index contributed by atoms with van der Waals surface area (Å²) in [6, 6.07) is 29.5. The highest BCUT2D eigenvalue weighted by atomic mass is 16.2. The highest BCUT2D eigenvalue weighted by molar-refractivity contribution is 5.91. The lowest BCUT2D eigenvalue weighted by Crippen LogP contribution is -2.71. The van der Waals surface area contributed by atoms with E-state index in [-0.39, 0.29) is 18.6 Å². The predicted octanol–water partition coefficient (Wildman–Crippen LogP) is 2.43. The van der Waals surface area contributed by atoms with Gasteiger partial charge in [0.1, 0.15) is 18.7 Å². The van der Waals surface area contributed by atoms with Crippen molar-refractivity contribution in [3.63, 3.8) is 0 Å². The predicted molar refractivity (Wildman–Crippen MR) is 113 cm³/mol. The SMILES string of the molecule is O=C1NC(C#CCO)C1NC(c1ccccc1)(c1ccccc1)c1ccccc1. The summed E-state index contributed by atoms with van der Waals surface area (Å²) in [5.41, 5.74) is 2.37. The van der Waals surface area contributed by atoms with Crippen molar-refractivity contribution < 1.29 is 9.90 Å². The molecule has 1 aliphatic heterocycles. The summed E-state index contributed by atoms with van der Waals surface area (Å²) >= 11 is 0. The van der Waals surface area contributed by atoms with Crippen LogP contribution >= 0.6 is 0 Å². The second kappa shape index (κ2) is 8.32. The van der Waals surface area contributed by atoms with Gasteiger partial charge in [-0.15, -0.1) is 0 Å². The average Bonchev–Trinajstić information content (AvgIpc) is 2.79. The van der Waals surface area contributed by atoms with E-state index in [4.69, 9.17) is 5.11 Å². The van der Waals surface area contributed by atoms with Gasteiger partial charge in [-0.2, -0.15) is 0 Å². The minimum absolute atomic E-state index is 0.102. The number of nitrogens with one attached hydrogen (secondary N) is 2. The molecule has 1 fully saturated rings. The minimum Gasteiger partial charge on any atom is -0.384 e. The second-order valence-electron chi connectivity index (χ2n) is 6.94. The molecule has 1 heterocycles. The van der Waals surface area contributed by atoms with Crippen molar-refractivity contribution in [1.82, 2.24) is 10.6 Å². The summed E-state index contributed by atoms with van der Waals surface area (Å²) in [6.45, 7) is -0.236. The Morgan fingerprint density at radius 3 is 1.66 bits per heavy atom. The van der Waals surface area contributed by atoms with E-state index in [1.807, 2.05) is 54.6 Å².